The summed E-state index contributed by atoms with van der Waals surface area (Å²) in [5.41, 5.74) is 0. The van der Waals surface area contributed by atoms with Gasteiger partial charge in [0.05, 0.1) is 8.01 Å². The zero-order chi connectivity index (χ0) is 3.41. The predicted molar refractivity (Wildman–Crippen MR) is 30.8 cm³/mol. The first-order valence-electron chi connectivity index (χ1n) is 0.836. The molecule has 1 N–H and O–H groups in total. The minimum Gasteiger partial charge on any atom is -0.366 e. The summed E-state index contributed by atoms with van der Waals surface area (Å²) in [5, 5.41) is 0. The summed E-state index contributed by atoms with van der Waals surface area (Å²) in [6.07, 6.45) is 1.86. The molecule has 3 heteroatoms. The molecule has 1 unspecified atom stereocenters. The van der Waals surface area contributed by atoms with Crippen LogP contribution >= 0.6 is 19.4 Å². The molecule has 5 heavy (non-hydrogen) atoms. The Hall–Kier alpha value is 0.740. The van der Waals surface area contributed by atoms with Gasteiger partial charge in [0, 0.05) is 0 Å². The maximum atomic E-state index is 7.87. The van der Waals surface area contributed by atoms with E-state index in [0.717, 1.165) is 0 Å². The van der Waals surface area contributed by atoms with Crippen LogP contribution in [-0.2, 0) is 0 Å². The van der Waals surface area contributed by atoms with Gasteiger partial charge in [0.15, 0.2) is 0 Å². The lowest BCUT2D eigenvalue weighted by atomic mass is 12.0. The van der Waals surface area contributed by atoms with Crippen molar-refractivity contribution in [3.8, 4) is 0 Å². The van der Waals surface area contributed by atoms with Crippen LogP contribution in [0.5, 0.6) is 0 Å². The van der Waals surface area contributed by atoms with Crippen LogP contribution in [0.1, 0.15) is 7.43 Å². The maximum Gasteiger partial charge on any atom is 0.0701 e. The van der Waals surface area contributed by atoms with Crippen LogP contribution in [0.3, 0.4) is 0 Å². The highest BCUT2D eigenvalue weighted by molar-refractivity contribution is 8.47. The largest absolute Gasteiger partial charge is 0.366 e. The van der Waals surface area contributed by atoms with Crippen molar-refractivity contribution in [2.24, 2.45) is 0 Å². The average Bonchev–Trinajstić information content (AvgIpc) is 1.37. The first-order chi connectivity index (χ1) is 1.91. The van der Waals surface area contributed by atoms with E-state index in [1.54, 1.807) is 0 Å². The summed E-state index contributed by atoms with van der Waals surface area (Å²) < 4.78 is 0. The van der Waals surface area contributed by atoms with E-state index in [0.29, 0.717) is 0 Å². The minimum absolute atomic E-state index is 0. The van der Waals surface area contributed by atoms with E-state index in [2.05, 4.69) is 0 Å². The molecule has 0 amide bonds. The van der Waals surface area contributed by atoms with Crippen molar-refractivity contribution in [2.45, 2.75) is 7.43 Å². The summed E-state index contributed by atoms with van der Waals surface area (Å²) >= 11 is 1.44. The second kappa shape index (κ2) is 8.83. The lowest BCUT2D eigenvalue weighted by molar-refractivity contribution is 0.660. The van der Waals surface area contributed by atoms with Crippen LogP contribution in [0.25, 0.3) is 0 Å². The van der Waals surface area contributed by atoms with Gasteiger partial charge >= 0.3 is 0 Å². The lowest BCUT2D eigenvalue weighted by Crippen LogP contribution is -1.25. The molecule has 0 radical (unpaired) electrons. The third-order valence-electron chi connectivity index (χ3n) is 0.0913. The molecule has 0 aromatic heterocycles. The highest BCUT2D eigenvalue weighted by Gasteiger charge is 1.56. The van der Waals surface area contributed by atoms with Gasteiger partial charge in [0.25, 0.3) is 0 Å². The van der Waals surface area contributed by atoms with E-state index in [-0.39, 0.29) is 15.4 Å². The molecule has 0 heterocycles. The molecule has 0 fully saturated rings. The first kappa shape index (κ1) is 9.22. The highest BCUT2D eigenvalue weighted by atomic mass is 32.7. The zero-order valence-corrected chi connectivity index (χ0v) is 4.17. The molecule has 1 nitrogen and oxygen atoms in total. The van der Waals surface area contributed by atoms with Crippen LogP contribution in [0, 0.1) is 0 Å². The fourth-order valence-electron chi connectivity index (χ4n) is 0. The second-order valence-electron chi connectivity index (χ2n) is 0.295. The summed E-state index contributed by atoms with van der Waals surface area (Å²) in [5.74, 6) is 0. The Morgan fingerprint density at radius 2 is 2.00 bits per heavy atom. The monoisotopic (exact) mass is 112 g/mol. The van der Waals surface area contributed by atoms with Crippen LogP contribution in [-0.4, -0.2) is 11.1 Å². The van der Waals surface area contributed by atoms with E-state index in [1.807, 2.05) is 6.26 Å². The summed E-state index contributed by atoms with van der Waals surface area (Å²) in [4.78, 5) is 7.87. The highest BCUT2D eigenvalue weighted by Crippen LogP contribution is 2.17. The fraction of sp³-hybridized carbons (Fsp3) is 1.00. The zero-order valence-electron chi connectivity index (χ0n) is 2.36. The van der Waals surface area contributed by atoms with E-state index in [4.69, 9.17) is 4.89 Å². The van der Waals surface area contributed by atoms with E-state index in [9.17, 15) is 0 Å². The second-order valence-corrected chi connectivity index (χ2v) is 2.66. The Morgan fingerprint density at radius 3 is 2.00 bits per heavy atom. The fourth-order valence-corrected chi connectivity index (χ4v) is 0. The van der Waals surface area contributed by atoms with Crippen molar-refractivity contribution in [1.82, 2.24) is 0 Å². The van der Waals surface area contributed by atoms with Gasteiger partial charge in [-0.1, -0.05) is 7.43 Å². The van der Waals surface area contributed by atoms with Gasteiger partial charge in [-0.25, -0.2) is 0 Å². The molecule has 0 aromatic carbocycles. The first-order valence-corrected chi connectivity index (χ1v) is 3.73. The molecular weight excluding hydrogens is 103 g/mol. The molecule has 34 valence electrons. The lowest BCUT2D eigenvalue weighted by Gasteiger charge is -1.69. The van der Waals surface area contributed by atoms with Crippen LogP contribution in [0.4, 0.5) is 0 Å². The van der Waals surface area contributed by atoms with Crippen LogP contribution in [0.2, 0.25) is 0 Å². The number of hydrogen-bond acceptors (Lipinski definition) is 2. The van der Waals surface area contributed by atoms with Gasteiger partial charge in [-0.15, -0.1) is 11.4 Å². The van der Waals surface area contributed by atoms with E-state index >= 15 is 0 Å². The van der Waals surface area contributed by atoms with Gasteiger partial charge in [0.2, 0.25) is 0 Å². The number of hydrogen-bond donors (Lipinski definition) is 1. The molecule has 0 aliphatic carbocycles. The Morgan fingerprint density at radius 1 is 1.80 bits per heavy atom. The topological polar surface area (TPSA) is 20.2 Å². The molecule has 0 bridgehead atoms. The summed E-state index contributed by atoms with van der Waals surface area (Å²) in [6, 6.07) is 0. The van der Waals surface area contributed by atoms with E-state index in [1.165, 1.54) is 11.4 Å². The van der Waals surface area contributed by atoms with Crippen LogP contribution < -0.4 is 0 Å². The smallest absolute Gasteiger partial charge is 0.0701 e. The molecule has 0 aliphatic heterocycles. The molecule has 0 saturated carbocycles. The Balaban J connectivity index is 0. The third-order valence-corrected chi connectivity index (χ3v) is 0.822. The molecule has 0 spiro atoms. The SMILES string of the molecule is C.CSPO. The normalized spacial score (nSPS) is 8.40. The molecule has 1 atom stereocenters. The van der Waals surface area contributed by atoms with Gasteiger partial charge < -0.3 is 4.89 Å². The number of rotatable bonds is 1. The van der Waals surface area contributed by atoms with Crippen molar-refractivity contribution >= 4 is 19.4 Å². The van der Waals surface area contributed by atoms with Gasteiger partial charge in [-0.05, 0) is 6.26 Å². The average molecular weight is 112 g/mol. The molecule has 0 saturated heterocycles. The van der Waals surface area contributed by atoms with Gasteiger partial charge in [-0.3, -0.25) is 0 Å². The standard InChI is InChI=1S/CH5OPS.CH4/c1-4-3-2;/h2-3H,1H3;1H4. The molecule has 0 rings (SSSR count). The minimum atomic E-state index is 0. The maximum absolute atomic E-state index is 7.87. The Kier molecular flexibility index (Phi) is 16.3. The van der Waals surface area contributed by atoms with Crippen molar-refractivity contribution in [1.29, 1.82) is 0 Å². The molecular formula is C2H9OPS. The molecule has 0 aliphatic rings. The Bertz CT molecular complexity index is 11.6. The Labute approximate surface area is 38.8 Å². The van der Waals surface area contributed by atoms with Gasteiger partial charge in [0.1, 0.15) is 0 Å². The molecule has 0 aromatic rings. The van der Waals surface area contributed by atoms with Crippen molar-refractivity contribution < 1.29 is 4.89 Å². The third kappa shape index (κ3) is 11.8. The van der Waals surface area contributed by atoms with Crippen LogP contribution in [0.15, 0.2) is 0 Å². The quantitative estimate of drug-likeness (QED) is 0.518. The van der Waals surface area contributed by atoms with Crippen molar-refractivity contribution in [3.05, 3.63) is 0 Å². The van der Waals surface area contributed by atoms with E-state index < -0.39 is 0 Å². The summed E-state index contributed by atoms with van der Waals surface area (Å²) in [7, 11) is 0.0571. The van der Waals surface area contributed by atoms with Crippen molar-refractivity contribution in [3.63, 3.8) is 0 Å². The van der Waals surface area contributed by atoms with Crippen molar-refractivity contribution in [2.75, 3.05) is 6.26 Å². The van der Waals surface area contributed by atoms with Gasteiger partial charge in [-0.2, -0.15) is 0 Å². The predicted octanol–water partition coefficient (Wildman–Crippen LogP) is 1.49. The summed E-state index contributed by atoms with van der Waals surface area (Å²) in [6.45, 7) is 0.